The lowest BCUT2D eigenvalue weighted by molar-refractivity contribution is 0.102. The van der Waals surface area contributed by atoms with Gasteiger partial charge in [-0.05, 0) is 35.4 Å². The molecule has 0 spiro atoms. The van der Waals surface area contributed by atoms with Gasteiger partial charge in [0, 0.05) is 5.56 Å². The molecule has 1 N–H and O–H groups in total. The molecule has 3 aromatic carbocycles. The lowest BCUT2D eigenvalue weighted by atomic mass is 10.0. The molecular formula is C20H15F2NO3S. The molecule has 138 valence electrons. The third-order valence-electron chi connectivity index (χ3n) is 3.93. The number of para-hydroxylation sites is 1. The van der Waals surface area contributed by atoms with E-state index in [1.54, 1.807) is 24.3 Å². The molecule has 3 aromatic rings. The highest BCUT2D eigenvalue weighted by molar-refractivity contribution is 7.91. The third-order valence-corrected chi connectivity index (χ3v) is 5.37. The fourth-order valence-electron chi connectivity index (χ4n) is 2.55. The summed E-state index contributed by atoms with van der Waals surface area (Å²) in [6.07, 6.45) is 0. The molecule has 0 aliphatic rings. The molecule has 0 aliphatic carbocycles. The minimum Gasteiger partial charge on any atom is -0.321 e. The Kier molecular flexibility index (Phi) is 5.32. The molecule has 0 aromatic heterocycles. The topological polar surface area (TPSA) is 63.2 Å². The summed E-state index contributed by atoms with van der Waals surface area (Å²) in [7, 11) is -4.83. The maximum atomic E-state index is 12.8. The van der Waals surface area contributed by atoms with Crippen LogP contribution in [-0.2, 0) is 9.84 Å². The quantitative estimate of drug-likeness (QED) is 0.696. The van der Waals surface area contributed by atoms with Gasteiger partial charge in [0.05, 0.1) is 10.6 Å². The number of hydrogen-bond donors (Lipinski definition) is 1. The number of amides is 1. The molecule has 0 bridgehead atoms. The fraction of sp³-hybridized carbons (Fsp3) is 0.0500. The van der Waals surface area contributed by atoms with E-state index < -0.39 is 26.4 Å². The zero-order valence-corrected chi connectivity index (χ0v) is 14.8. The molecule has 0 radical (unpaired) electrons. The summed E-state index contributed by atoms with van der Waals surface area (Å²) in [6.45, 7) is 0. The normalized spacial score (nSPS) is 11.4. The summed E-state index contributed by atoms with van der Waals surface area (Å²) in [5.41, 5.74) is 1.99. The van der Waals surface area contributed by atoms with Crippen LogP contribution in [0.3, 0.4) is 0 Å². The highest BCUT2D eigenvalue weighted by Gasteiger charge is 2.29. The second kappa shape index (κ2) is 7.67. The minimum atomic E-state index is -4.83. The van der Waals surface area contributed by atoms with Gasteiger partial charge in [-0.25, -0.2) is 8.42 Å². The van der Waals surface area contributed by atoms with E-state index in [0.29, 0.717) is 0 Å². The highest BCUT2D eigenvalue weighted by Crippen LogP contribution is 2.27. The average molecular weight is 387 g/mol. The Labute approximate surface area is 155 Å². The van der Waals surface area contributed by atoms with Crippen molar-refractivity contribution in [2.75, 3.05) is 5.32 Å². The smallest absolute Gasteiger partial charge is 0.321 e. The number of nitrogens with one attached hydrogen (secondary N) is 1. The van der Waals surface area contributed by atoms with E-state index in [9.17, 15) is 22.0 Å². The van der Waals surface area contributed by atoms with E-state index >= 15 is 0 Å². The van der Waals surface area contributed by atoms with Gasteiger partial charge in [0.2, 0.25) is 9.84 Å². The summed E-state index contributed by atoms with van der Waals surface area (Å²) < 4.78 is 49.2. The average Bonchev–Trinajstić information content (AvgIpc) is 2.69. The minimum absolute atomic E-state index is 0.185. The van der Waals surface area contributed by atoms with Gasteiger partial charge in [-0.1, -0.05) is 54.6 Å². The summed E-state index contributed by atoms with van der Waals surface area (Å²) in [4.78, 5) is 11.8. The molecule has 0 fully saturated rings. The molecule has 0 saturated carbocycles. The van der Waals surface area contributed by atoms with Crippen LogP contribution >= 0.6 is 0 Å². The lowest BCUT2D eigenvalue weighted by Gasteiger charge is -2.11. The Morgan fingerprint density at radius 3 is 1.96 bits per heavy atom. The molecule has 1 amide bonds. The molecule has 0 saturated heterocycles. The fourth-order valence-corrected chi connectivity index (χ4v) is 3.44. The molecule has 4 nitrogen and oxygen atoms in total. The number of carbonyl (C=O) groups is 1. The van der Waals surface area contributed by atoms with Crippen LogP contribution in [0.5, 0.6) is 0 Å². The second-order valence-electron chi connectivity index (χ2n) is 5.70. The number of hydrogen-bond acceptors (Lipinski definition) is 3. The number of benzene rings is 3. The van der Waals surface area contributed by atoms with Crippen LogP contribution in [0.2, 0.25) is 0 Å². The van der Waals surface area contributed by atoms with Gasteiger partial charge >= 0.3 is 5.76 Å². The van der Waals surface area contributed by atoms with Crippen LogP contribution in [-0.4, -0.2) is 20.1 Å². The van der Waals surface area contributed by atoms with E-state index in [-0.39, 0.29) is 11.3 Å². The SMILES string of the molecule is O=C(Nc1ccccc1S(=O)(=O)C(F)F)c1ccc(-c2ccccc2)cc1. The number of anilines is 1. The van der Waals surface area contributed by atoms with E-state index in [0.717, 1.165) is 17.2 Å². The van der Waals surface area contributed by atoms with Crippen LogP contribution in [0.1, 0.15) is 10.4 Å². The molecular weight excluding hydrogens is 372 g/mol. The lowest BCUT2D eigenvalue weighted by Crippen LogP contribution is -2.17. The maximum absolute atomic E-state index is 12.8. The Hall–Kier alpha value is -3.06. The molecule has 0 unspecified atom stereocenters. The number of carbonyl (C=O) groups excluding carboxylic acids is 1. The van der Waals surface area contributed by atoms with Crippen molar-refractivity contribution in [1.82, 2.24) is 0 Å². The van der Waals surface area contributed by atoms with Gasteiger partial charge in [-0.2, -0.15) is 8.78 Å². The number of halogens is 2. The summed E-state index contributed by atoms with van der Waals surface area (Å²) in [5.74, 6) is -4.16. The van der Waals surface area contributed by atoms with Gasteiger partial charge in [0.15, 0.2) is 0 Å². The second-order valence-corrected chi connectivity index (χ2v) is 7.59. The van der Waals surface area contributed by atoms with Crippen molar-refractivity contribution in [3.63, 3.8) is 0 Å². The zero-order chi connectivity index (χ0) is 19.4. The Morgan fingerprint density at radius 1 is 0.778 bits per heavy atom. The van der Waals surface area contributed by atoms with Gasteiger partial charge < -0.3 is 5.32 Å². The molecule has 7 heteroatoms. The van der Waals surface area contributed by atoms with E-state index in [4.69, 9.17) is 0 Å². The first kappa shape index (κ1) is 18.7. The Bertz CT molecular complexity index is 1050. The maximum Gasteiger partial charge on any atom is 0.341 e. The van der Waals surface area contributed by atoms with E-state index in [2.05, 4.69) is 5.32 Å². The van der Waals surface area contributed by atoms with E-state index in [1.807, 2.05) is 30.3 Å². The third kappa shape index (κ3) is 4.03. The molecule has 3 rings (SSSR count). The predicted octanol–water partition coefficient (Wildman–Crippen LogP) is 4.60. The number of alkyl halides is 2. The van der Waals surface area contributed by atoms with Crippen molar-refractivity contribution in [2.24, 2.45) is 0 Å². The van der Waals surface area contributed by atoms with Crippen molar-refractivity contribution in [3.05, 3.63) is 84.4 Å². The Balaban J connectivity index is 1.85. The van der Waals surface area contributed by atoms with Crippen molar-refractivity contribution >= 4 is 21.4 Å². The van der Waals surface area contributed by atoms with E-state index in [1.165, 1.54) is 18.2 Å². The van der Waals surface area contributed by atoms with Crippen LogP contribution in [0.15, 0.2) is 83.8 Å². The van der Waals surface area contributed by atoms with Crippen LogP contribution < -0.4 is 5.32 Å². The molecule has 0 aliphatic heterocycles. The molecule has 0 heterocycles. The molecule has 0 atom stereocenters. The van der Waals surface area contributed by atoms with Gasteiger partial charge in [-0.15, -0.1) is 0 Å². The first-order chi connectivity index (χ1) is 12.9. The summed E-state index contributed by atoms with van der Waals surface area (Å²) in [5, 5.41) is 2.40. The van der Waals surface area contributed by atoms with Crippen LogP contribution in [0.25, 0.3) is 11.1 Å². The summed E-state index contributed by atoms with van der Waals surface area (Å²) in [6, 6.07) is 21.3. The standard InChI is InChI=1S/C20H15F2NO3S/c21-20(22)27(25,26)18-9-5-4-8-17(18)23-19(24)16-12-10-15(11-13-16)14-6-2-1-3-7-14/h1-13,20H,(H,23,24). The van der Waals surface area contributed by atoms with Gasteiger partial charge in [-0.3, -0.25) is 4.79 Å². The van der Waals surface area contributed by atoms with Crippen molar-refractivity contribution in [3.8, 4) is 11.1 Å². The predicted molar refractivity (Wildman–Crippen MR) is 99.5 cm³/mol. The largest absolute Gasteiger partial charge is 0.341 e. The first-order valence-electron chi connectivity index (χ1n) is 7.97. The summed E-state index contributed by atoms with van der Waals surface area (Å²) >= 11 is 0. The van der Waals surface area contributed by atoms with Crippen molar-refractivity contribution < 1.29 is 22.0 Å². The van der Waals surface area contributed by atoms with Crippen molar-refractivity contribution in [1.29, 1.82) is 0 Å². The monoisotopic (exact) mass is 387 g/mol. The first-order valence-corrected chi connectivity index (χ1v) is 9.52. The van der Waals surface area contributed by atoms with Crippen LogP contribution in [0, 0.1) is 0 Å². The van der Waals surface area contributed by atoms with Gasteiger partial charge in [0.1, 0.15) is 0 Å². The Morgan fingerprint density at radius 2 is 1.33 bits per heavy atom. The van der Waals surface area contributed by atoms with Crippen molar-refractivity contribution in [2.45, 2.75) is 10.7 Å². The van der Waals surface area contributed by atoms with Crippen LogP contribution in [0.4, 0.5) is 14.5 Å². The molecule has 27 heavy (non-hydrogen) atoms. The highest BCUT2D eigenvalue weighted by atomic mass is 32.2. The number of sulfone groups is 1. The zero-order valence-electron chi connectivity index (χ0n) is 14.0. The number of rotatable bonds is 5. The van der Waals surface area contributed by atoms with Gasteiger partial charge in [0.25, 0.3) is 5.91 Å².